The van der Waals surface area contributed by atoms with Crippen LogP contribution in [-0.2, 0) is 20.1 Å². The number of rotatable bonds is 0. The average Bonchev–Trinajstić information content (AvgIpc) is 2.62. The second kappa shape index (κ2) is 2.90. The zero-order valence-corrected chi connectivity index (χ0v) is 8.40. The van der Waals surface area contributed by atoms with Crippen LogP contribution >= 0.6 is 0 Å². The monoisotopic (exact) mass is 205 g/mol. The Kier molecular flexibility index (Phi) is 1.66. The van der Waals surface area contributed by atoms with Gasteiger partial charge in [-0.2, -0.15) is 5.10 Å². The van der Waals surface area contributed by atoms with E-state index in [-0.39, 0.29) is 5.56 Å². The highest BCUT2D eigenvalue weighted by molar-refractivity contribution is 5.73. The SMILES string of the molecule is Cn1ncc2c(=O)n3c(nc21)CNCC3. The highest BCUT2D eigenvalue weighted by atomic mass is 16.1. The number of aromatic nitrogens is 4. The molecule has 2 aromatic rings. The Hall–Kier alpha value is -1.69. The molecule has 2 aromatic heterocycles. The van der Waals surface area contributed by atoms with Crippen LogP contribution in [0, 0.1) is 0 Å². The van der Waals surface area contributed by atoms with Gasteiger partial charge in [-0.1, -0.05) is 0 Å². The molecule has 1 aliphatic rings. The van der Waals surface area contributed by atoms with E-state index < -0.39 is 0 Å². The van der Waals surface area contributed by atoms with Crippen LogP contribution in [0.25, 0.3) is 11.0 Å². The van der Waals surface area contributed by atoms with Crippen molar-refractivity contribution < 1.29 is 0 Å². The van der Waals surface area contributed by atoms with E-state index in [2.05, 4.69) is 15.4 Å². The Bertz CT molecular complexity index is 582. The van der Waals surface area contributed by atoms with E-state index in [0.717, 1.165) is 12.4 Å². The average molecular weight is 205 g/mol. The molecule has 0 radical (unpaired) electrons. The number of hydrogen-bond donors (Lipinski definition) is 1. The van der Waals surface area contributed by atoms with Crippen molar-refractivity contribution in [1.29, 1.82) is 0 Å². The molecule has 1 N–H and O–H groups in total. The van der Waals surface area contributed by atoms with Crippen molar-refractivity contribution in [3.05, 3.63) is 22.4 Å². The molecule has 0 spiro atoms. The van der Waals surface area contributed by atoms with Crippen molar-refractivity contribution in [2.24, 2.45) is 7.05 Å². The molecule has 0 bridgehead atoms. The summed E-state index contributed by atoms with van der Waals surface area (Å²) in [5, 5.41) is 7.84. The summed E-state index contributed by atoms with van der Waals surface area (Å²) < 4.78 is 3.35. The molecule has 0 saturated heterocycles. The molecule has 6 heteroatoms. The lowest BCUT2D eigenvalue weighted by Crippen LogP contribution is -2.37. The summed E-state index contributed by atoms with van der Waals surface area (Å²) in [6.45, 7) is 2.16. The normalized spacial score (nSPS) is 15.5. The van der Waals surface area contributed by atoms with Crippen LogP contribution in [-0.4, -0.2) is 25.9 Å². The maximum absolute atomic E-state index is 12.0. The number of nitrogens with one attached hydrogen (secondary N) is 1. The maximum atomic E-state index is 12.0. The Morgan fingerprint density at radius 2 is 2.40 bits per heavy atom. The first-order chi connectivity index (χ1) is 7.27. The van der Waals surface area contributed by atoms with Crippen LogP contribution in [0.5, 0.6) is 0 Å². The fourth-order valence-corrected chi connectivity index (χ4v) is 1.92. The largest absolute Gasteiger partial charge is 0.308 e. The lowest BCUT2D eigenvalue weighted by molar-refractivity contribution is 0.485. The van der Waals surface area contributed by atoms with Gasteiger partial charge in [-0.15, -0.1) is 0 Å². The first-order valence-electron chi connectivity index (χ1n) is 4.89. The minimum absolute atomic E-state index is 0.0181. The predicted octanol–water partition coefficient (Wildman–Crippen LogP) is -0.767. The van der Waals surface area contributed by atoms with Crippen molar-refractivity contribution in [3.8, 4) is 0 Å². The summed E-state index contributed by atoms with van der Waals surface area (Å²) in [7, 11) is 1.79. The van der Waals surface area contributed by atoms with Crippen molar-refractivity contribution >= 4 is 11.0 Å². The van der Waals surface area contributed by atoms with Gasteiger partial charge in [0.1, 0.15) is 11.2 Å². The molecule has 0 aliphatic carbocycles. The zero-order valence-electron chi connectivity index (χ0n) is 8.40. The predicted molar refractivity (Wildman–Crippen MR) is 54.5 cm³/mol. The van der Waals surface area contributed by atoms with E-state index >= 15 is 0 Å². The number of nitrogens with zero attached hydrogens (tertiary/aromatic N) is 4. The maximum Gasteiger partial charge on any atom is 0.264 e. The first kappa shape index (κ1) is 8.60. The van der Waals surface area contributed by atoms with Gasteiger partial charge in [0.2, 0.25) is 0 Å². The molecule has 0 saturated carbocycles. The number of fused-ring (bicyclic) bond motifs is 2. The molecule has 78 valence electrons. The van der Waals surface area contributed by atoms with Gasteiger partial charge in [0.15, 0.2) is 5.65 Å². The molecule has 0 atom stereocenters. The second-order valence-corrected chi connectivity index (χ2v) is 3.67. The molecular formula is C9H11N5O. The van der Waals surface area contributed by atoms with Crippen molar-refractivity contribution in [1.82, 2.24) is 24.6 Å². The molecule has 3 heterocycles. The Morgan fingerprint density at radius 3 is 3.27 bits per heavy atom. The Morgan fingerprint density at radius 1 is 1.53 bits per heavy atom. The summed E-state index contributed by atoms with van der Waals surface area (Å²) in [6.07, 6.45) is 1.58. The lowest BCUT2D eigenvalue weighted by atomic mass is 10.3. The molecule has 0 unspecified atom stereocenters. The molecule has 1 aliphatic heterocycles. The van der Waals surface area contributed by atoms with E-state index in [0.29, 0.717) is 24.1 Å². The van der Waals surface area contributed by atoms with Gasteiger partial charge >= 0.3 is 0 Å². The Labute approximate surface area is 85.5 Å². The van der Waals surface area contributed by atoms with Gasteiger partial charge in [-0.05, 0) is 0 Å². The van der Waals surface area contributed by atoms with Gasteiger partial charge in [-0.25, -0.2) is 4.98 Å². The number of aryl methyl sites for hydroxylation is 1. The summed E-state index contributed by atoms with van der Waals surface area (Å²) in [6, 6.07) is 0. The summed E-state index contributed by atoms with van der Waals surface area (Å²) in [5.74, 6) is 0.794. The van der Waals surface area contributed by atoms with E-state index in [1.54, 1.807) is 22.5 Å². The third kappa shape index (κ3) is 1.11. The van der Waals surface area contributed by atoms with Crippen LogP contribution in [0.3, 0.4) is 0 Å². The Balaban J connectivity index is 2.43. The molecule has 15 heavy (non-hydrogen) atoms. The summed E-state index contributed by atoms with van der Waals surface area (Å²) >= 11 is 0. The van der Waals surface area contributed by atoms with Crippen molar-refractivity contribution in [3.63, 3.8) is 0 Å². The highest BCUT2D eigenvalue weighted by Crippen LogP contribution is 2.07. The van der Waals surface area contributed by atoms with E-state index in [4.69, 9.17) is 0 Å². The smallest absolute Gasteiger partial charge is 0.264 e. The van der Waals surface area contributed by atoms with E-state index in [1.165, 1.54) is 0 Å². The van der Waals surface area contributed by atoms with E-state index in [1.807, 2.05) is 0 Å². The van der Waals surface area contributed by atoms with Crippen LogP contribution in [0.2, 0.25) is 0 Å². The zero-order chi connectivity index (χ0) is 10.4. The first-order valence-corrected chi connectivity index (χ1v) is 4.89. The quantitative estimate of drug-likeness (QED) is 0.613. The third-order valence-electron chi connectivity index (χ3n) is 2.72. The van der Waals surface area contributed by atoms with Crippen LogP contribution in [0.15, 0.2) is 11.0 Å². The molecular weight excluding hydrogens is 194 g/mol. The van der Waals surface area contributed by atoms with Gasteiger partial charge in [0.25, 0.3) is 5.56 Å². The van der Waals surface area contributed by atoms with Crippen LogP contribution in [0.4, 0.5) is 0 Å². The molecule has 6 nitrogen and oxygen atoms in total. The van der Waals surface area contributed by atoms with E-state index in [9.17, 15) is 4.79 Å². The van der Waals surface area contributed by atoms with Crippen molar-refractivity contribution in [2.45, 2.75) is 13.1 Å². The van der Waals surface area contributed by atoms with Crippen LogP contribution < -0.4 is 10.9 Å². The molecule has 3 rings (SSSR count). The fraction of sp³-hybridized carbons (Fsp3) is 0.444. The lowest BCUT2D eigenvalue weighted by Gasteiger charge is -2.17. The third-order valence-corrected chi connectivity index (χ3v) is 2.72. The van der Waals surface area contributed by atoms with Crippen molar-refractivity contribution in [2.75, 3.05) is 6.54 Å². The molecule has 0 fully saturated rings. The number of hydrogen-bond acceptors (Lipinski definition) is 4. The van der Waals surface area contributed by atoms with Gasteiger partial charge < -0.3 is 5.32 Å². The highest BCUT2D eigenvalue weighted by Gasteiger charge is 2.15. The topological polar surface area (TPSA) is 64.7 Å². The molecule has 0 amide bonds. The standard InChI is InChI=1S/C9H11N5O/c1-13-8-6(4-11-13)9(15)14-3-2-10-5-7(14)12-8/h4,10H,2-3,5H2,1H3. The minimum atomic E-state index is 0.0181. The second-order valence-electron chi connectivity index (χ2n) is 3.67. The summed E-state index contributed by atoms with van der Waals surface area (Å²) in [5.41, 5.74) is 0.680. The van der Waals surface area contributed by atoms with Crippen LogP contribution in [0.1, 0.15) is 5.82 Å². The fourth-order valence-electron chi connectivity index (χ4n) is 1.92. The molecule has 0 aromatic carbocycles. The minimum Gasteiger partial charge on any atom is -0.308 e. The van der Waals surface area contributed by atoms with Gasteiger partial charge in [-0.3, -0.25) is 14.0 Å². The van der Waals surface area contributed by atoms with Gasteiger partial charge in [0, 0.05) is 20.1 Å². The summed E-state index contributed by atoms with van der Waals surface area (Å²) in [4.78, 5) is 16.5. The van der Waals surface area contributed by atoms with Gasteiger partial charge in [0.05, 0.1) is 12.7 Å².